The van der Waals surface area contributed by atoms with Crippen molar-refractivity contribution >= 4 is 17.9 Å². The van der Waals surface area contributed by atoms with Crippen molar-refractivity contribution in [2.75, 3.05) is 13.2 Å². The van der Waals surface area contributed by atoms with E-state index in [4.69, 9.17) is 14.2 Å². The molecule has 0 aliphatic rings. The Balaban J connectivity index is 4.21. The van der Waals surface area contributed by atoms with Gasteiger partial charge in [0.1, 0.15) is 13.2 Å². The third-order valence-electron chi connectivity index (χ3n) is 13.4. The summed E-state index contributed by atoms with van der Waals surface area (Å²) in [6.45, 7) is 6.51. The zero-order chi connectivity index (χ0) is 52.2. The first-order chi connectivity index (χ1) is 35.5. The lowest BCUT2D eigenvalue weighted by Crippen LogP contribution is -2.30. The lowest BCUT2D eigenvalue weighted by molar-refractivity contribution is -0.167. The van der Waals surface area contributed by atoms with Crippen molar-refractivity contribution in [3.63, 3.8) is 0 Å². The minimum atomic E-state index is -0.786. The molecule has 0 N–H and O–H groups in total. The number of hydrogen-bond donors (Lipinski definition) is 0. The van der Waals surface area contributed by atoms with Crippen molar-refractivity contribution in [1.29, 1.82) is 0 Å². The second-order valence-electron chi connectivity index (χ2n) is 20.6. The molecule has 0 saturated heterocycles. The van der Waals surface area contributed by atoms with E-state index in [0.717, 1.165) is 103 Å². The third kappa shape index (κ3) is 57.7. The average Bonchev–Trinajstić information content (AvgIpc) is 3.38. The van der Waals surface area contributed by atoms with E-state index in [0.29, 0.717) is 19.3 Å². The van der Waals surface area contributed by atoms with Crippen LogP contribution in [0.5, 0.6) is 0 Å². The zero-order valence-electron chi connectivity index (χ0n) is 47.7. The van der Waals surface area contributed by atoms with E-state index < -0.39 is 6.10 Å². The molecule has 0 aliphatic heterocycles. The highest BCUT2D eigenvalue weighted by molar-refractivity contribution is 5.71. The molecule has 0 spiro atoms. The van der Waals surface area contributed by atoms with Gasteiger partial charge in [0.2, 0.25) is 0 Å². The number of ether oxygens (including phenoxy) is 3. The van der Waals surface area contributed by atoms with Crippen LogP contribution in [0.4, 0.5) is 0 Å². The lowest BCUT2D eigenvalue weighted by atomic mass is 10.0. The largest absolute Gasteiger partial charge is 0.462 e. The van der Waals surface area contributed by atoms with Crippen LogP contribution >= 0.6 is 0 Å². The van der Waals surface area contributed by atoms with E-state index in [1.54, 1.807) is 0 Å². The predicted octanol–water partition coefficient (Wildman–Crippen LogP) is 20.9. The summed E-state index contributed by atoms with van der Waals surface area (Å²) in [5, 5.41) is 0. The summed E-state index contributed by atoms with van der Waals surface area (Å²) in [6, 6.07) is 0. The number of rotatable bonds is 56. The maximum absolute atomic E-state index is 12.8. The highest BCUT2D eigenvalue weighted by atomic mass is 16.6. The summed E-state index contributed by atoms with van der Waals surface area (Å²) in [7, 11) is 0. The molecule has 1 atom stereocenters. The lowest BCUT2D eigenvalue weighted by Gasteiger charge is -2.18. The second-order valence-corrected chi connectivity index (χ2v) is 20.6. The van der Waals surface area contributed by atoms with Crippen molar-refractivity contribution < 1.29 is 28.6 Å². The van der Waals surface area contributed by atoms with Crippen LogP contribution in [-0.4, -0.2) is 37.2 Å². The van der Waals surface area contributed by atoms with Crippen molar-refractivity contribution in [3.05, 3.63) is 72.9 Å². The molecule has 0 aliphatic carbocycles. The molecule has 0 aromatic heterocycles. The molecule has 72 heavy (non-hydrogen) atoms. The van der Waals surface area contributed by atoms with E-state index in [1.165, 1.54) is 167 Å². The van der Waals surface area contributed by atoms with Crippen molar-refractivity contribution in [2.45, 2.75) is 316 Å². The van der Waals surface area contributed by atoms with Crippen LogP contribution in [-0.2, 0) is 28.6 Å². The molecule has 0 radical (unpaired) electrons. The van der Waals surface area contributed by atoms with Gasteiger partial charge in [-0.25, -0.2) is 0 Å². The molecular formula is C66H116O6. The molecule has 0 aromatic carbocycles. The first-order valence-electron chi connectivity index (χ1n) is 30.9. The fourth-order valence-corrected chi connectivity index (χ4v) is 8.82. The van der Waals surface area contributed by atoms with Gasteiger partial charge in [0.25, 0.3) is 0 Å². The number of carbonyl (C=O) groups is 3. The molecule has 1 unspecified atom stereocenters. The molecular weight excluding hydrogens is 889 g/mol. The van der Waals surface area contributed by atoms with E-state index in [-0.39, 0.29) is 31.1 Å². The molecule has 0 fully saturated rings. The Morgan fingerprint density at radius 2 is 0.542 bits per heavy atom. The number of carbonyl (C=O) groups excluding carboxylic acids is 3. The van der Waals surface area contributed by atoms with Crippen LogP contribution < -0.4 is 0 Å². The Labute approximate surface area is 446 Å². The van der Waals surface area contributed by atoms with Gasteiger partial charge in [-0.3, -0.25) is 14.4 Å². The predicted molar refractivity (Wildman–Crippen MR) is 311 cm³/mol. The normalized spacial score (nSPS) is 12.5. The van der Waals surface area contributed by atoms with Gasteiger partial charge in [0.05, 0.1) is 0 Å². The molecule has 0 rings (SSSR count). The van der Waals surface area contributed by atoms with Gasteiger partial charge in [0.15, 0.2) is 6.10 Å². The summed E-state index contributed by atoms with van der Waals surface area (Å²) >= 11 is 0. The second kappa shape index (κ2) is 60.4. The van der Waals surface area contributed by atoms with Crippen LogP contribution in [0.1, 0.15) is 310 Å². The topological polar surface area (TPSA) is 78.9 Å². The summed E-state index contributed by atoms with van der Waals surface area (Å²) in [6.07, 6.45) is 77.7. The zero-order valence-corrected chi connectivity index (χ0v) is 47.7. The first kappa shape index (κ1) is 68.8. The molecule has 0 saturated carbocycles. The summed E-state index contributed by atoms with van der Waals surface area (Å²) in [5.74, 6) is -0.897. The number of esters is 3. The van der Waals surface area contributed by atoms with Gasteiger partial charge in [0, 0.05) is 19.3 Å². The van der Waals surface area contributed by atoms with Crippen LogP contribution in [0.25, 0.3) is 0 Å². The standard InChI is InChI=1S/C66H116O6/c1-4-7-10-13-16-19-22-24-26-28-29-30-31-32-33-34-35-36-37-39-40-42-44-47-50-53-56-59-65(68)71-62-63(61-70-64(67)58-55-52-49-46-21-18-15-12-9-6-3)72-66(69)60-57-54-51-48-45-43-41-38-27-25-23-20-17-14-11-8-5-2/h8,11,17,20,22,24-25,27-29,41,43,63H,4-7,9-10,12-16,18-19,21,23,26,30-40,42,44-62H2,1-3H3/b11-8-,20-17-,24-22-,27-25-,29-28-,43-41-. The van der Waals surface area contributed by atoms with Gasteiger partial charge in [-0.05, 0) is 89.9 Å². The van der Waals surface area contributed by atoms with E-state index in [9.17, 15) is 14.4 Å². The van der Waals surface area contributed by atoms with Gasteiger partial charge in [-0.15, -0.1) is 0 Å². The Morgan fingerprint density at radius 3 is 0.847 bits per heavy atom. The molecule has 0 amide bonds. The van der Waals surface area contributed by atoms with Crippen LogP contribution in [0.3, 0.4) is 0 Å². The Hall–Kier alpha value is -3.15. The minimum Gasteiger partial charge on any atom is -0.462 e. The Kier molecular flexibility index (Phi) is 57.8. The maximum Gasteiger partial charge on any atom is 0.306 e. The van der Waals surface area contributed by atoms with Crippen molar-refractivity contribution in [1.82, 2.24) is 0 Å². The minimum absolute atomic E-state index is 0.0826. The first-order valence-corrected chi connectivity index (χ1v) is 30.9. The number of unbranched alkanes of at least 4 members (excludes halogenated alkanes) is 33. The van der Waals surface area contributed by atoms with Crippen LogP contribution in [0.15, 0.2) is 72.9 Å². The van der Waals surface area contributed by atoms with E-state index >= 15 is 0 Å². The Bertz CT molecular complexity index is 1340. The SMILES string of the molecule is CC/C=C\C/C=C\C/C=C\C/C=C\CCCCCCC(=O)OC(COC(=O)CCCCCCCCCCCC)COC(=O)CCCCCCCCCCCCCCCCC/C=C\C/C=C\CCCCCCC. The van der Waals surface area contributed by atoms with Gasteiger partial charge < -0.3 is 14.2 Å². The molecule has 6 heteroatoms. The molecule has 0 bridgehead atoms. The quantitative estimate of drug-likeness (QED) is 0.0261. The fraction of sp³-hybridized carbons (Fsp3) is 0.773. The summed E-state index contributed by atoms with van der Waals surface area (Å²) < 4.78 is 16.9. The molecule has 416 valence electrons. The molecule has 0 heterocycles. The van der Waals surface area contributed by atoms with E-state index in [1.807, 2.05) is 0 Å². The van der Waals surface area contributed by atoms with Crippen molar-refractivity contribution in [3.8, 4) is 0 Å². The van der Waals surface area contributed by atoms with Crippen LogP contribution in [0.2, 0.25) is 0 Å². The maximum atomic E-state index is 12.8. The van der Waals surface area contributed by atoms with E-state index in [2.05, 4.69) is 93.7 Å². The fourth-order valence-electron chi connectivity index (χ4n) is 8.82. The van der Waals surface area contributed by atoms with Gasteiger partial charge >= 0.3 is 17.9 Å². The highest BCUT2D eigenvalue weighted by Crippen LogP contribution is 2.16. The average molecular weight is 1010 g/mol. The monoisotopic (exact) mass is 1000 g/mol. The third-order valence-corrected chi connectivity index (χ3v) is 13.4. The van der Waals surface area contributed by atoms with Gasteiger partial charge in [-0.2, -0.15) is 0 Å². The Morgan fingerprint density at radius 1 is 0.292 bits per heavy atom. The highest BCUT2D eigenvalue weighted by Gasteiger charge is 2.19. The number of hydrogen-bond acceptors (Lipinski definition) is 6. The molecule has 0 aromatic rings. The van der Waals surface area contributed by atoms with Crippen molar-refractivity contribution in [2.24, 2.45) is 0 Å². The summed E-state index contributed by atoms with van der Waals surface area (Å²) in [4.78, 5) is 38.1. The van der Waals surface area contributed by atoms with Gasteiger partial charge in [-0.1, -0.05) is 273 Å². The molecule has 6 nitrogen and oxygen atoms in total. The number of allylic oxidation sites excluding steroid dienone is 12. The smallest absolute Gasteiger partial charge is 0.306 e. The summed E-state index contributed by atoms with van der Waals surface area (Å²) in [5.41, 5.74) is 0. The van der Waals surface area contributed by atoms with Crippen LogP contribution in [0, 0.1) is 0 Å².